The first kappa shape index (κ1) is 10.8. The van der Waals surface area contributed by atoms with Gasteiger partial charge in [0.1, 0.15) is 5.75 Å². The summed E-state index contributed by atoms with van der Waals surface area (Å²) in [5, 5.41) is 0. The summed E-state index contributed by atoms with van der Waals surface area (Å²) in [6, 6.07) is 5.85. The van der Waals surface area contributed by atoms with E-state index in [-0.39, 0.29) is 17.8 Å². The standard InChI is InChI=1S/C14H16O3/c1-9-11(6-8-16-9)13(15)12-4-2-3-10-5-7-17-14(10)12/h2-4,9,11H,5-8H2,1H3. The average molecular weight is 232 g/mol. The van der Waals surface area contributed by atoms with E-state index >= 15 is 0 Å². The number of hydrogen-bond acceptors (Lipinski definition) is 3. The third kappa shape index (κ3) is 1.75. The molecule has 2 aliphatic heterocycles. The fourth-order valence-corrected chi connectivity index (χ4v) is 2.69. The van der Waals surface area contributed by atoms with Crippen LogP contribution in [0.15, 0.2) is 18.2 Å². The molecule has 0 radical (unpaired) electrons. The van der Waals surface area contributed by atoms with Gasteiger partial charge in [0.2, 0.25) is 0 Å². The first-order valence-electron chi connectivity index (χ1n) is 6.18. The zero-order valence-corrected chi connectivity index (χ0v) is 9.94. The molecular weight excluding hydrogens is 216 g/mol. The lowest BCUT2D eigenvalue weighted by atomic mass is 9.91. The number of carbonyl (C=O) groups excluding carboxylic acids is 1. The van der Waals surface area contributed by atoms with Gasteiger partial charge in [-0.3, -0.25) is 4.79 Å². The van der Waals surface area contributed by atoms with Gasteiger partial charge in [0.25, 0.3) is 0 Å². The first-order chi connectivity index (χ1) is 8.27. The molecular formula is C14H16O3. The predicted molar refractivity (Wildman–Crippen MR) is 63.5 cm³/mol. The van der Waals surface area contributed by atoms with Gasteiger partial charge >= 0.3 is 0 Å². The van der Waals surface area contributed by atoms with Crippen LogP contribution in [0.25, 0.3) is 0 Å². The van der Waals surface area contributed by atoms with E-state index in [0.717, 1.165) is 29.7 Å². The van der Waals surface area contributed by atoms with Crippen molar-refractivity contribution < 1.29 is 14.3 Å². The Morgan fingerprint density at radius 2 is 2.24 bits per heavy atom. The highest BCUT2D eigenvalue weighted by molar-refractivity contribution is 6.01. The molecule has 3 heteroatoms. The monoisotopic (exact) mass is 232 g/mol. The van der Waals surface area contributed by atoms with Gasteiger partial charge in [-0.15, -0.1) is 0 Å². The quantitative estimate of drug-likeness (QED) is 0.733. The molecule has 2 heterocycles. The number of carbonyl (C=O) groups is 1. The van der Waals surface area contributed by atoms with Gasteiger partial charge in [0.05, 0.1) is 24.2 Å². The minimum Gasteiger partial charge on any atom is -0.492 e. The normalized spacial score (nSPS) is 26.6. The summed E-state index contributed by atoms with van der Waals surface area (Å²) in [6.07, 6.45) is 1.76. The van der Waals surface area contributed by atoms with Crippen LogP contribution in [0.5, 0.6) is 5.75 Å². The molecule has 0 bridgehead atoms. The Labute approximate surface area is 101 Å². The molecule has 17 heavy (non-hydrogen) atoms. The third-order valence-corrected chi connectivity index (χ3v) is 3.69. The average Bonchev–Trinajstić information content (AvgIpc) is 2.95. The van der Waals surface area contributed by atoms with Crippen molar-refractivity contribution in [2.75, 3.05) is 13.2 Å². The highest BCUT2D eigenvalue weighted by Gasteiger charge is 2.33. The van der Waals surface area contributed by atoms with Crippen molar-refractivity contribution in [3.8, 4) is 5.75 Å². The maximum Gasteiger partial charge on any atom is 0.172 e. The minimum absolute atomic E-state index is 0.00861. The zero-order chi connectivity index (χ0) is 11.8. The molecule has 1 saturated heterocycles. The molecule has 3 rings (SSSR count). The van der Waals surface area contributed by atoms with Crippen LogP contribution < -0.4 is 4.74 Å². The van der Waals surface area contributed by atoms with E-state index in [0.29, 0.717) is 13.2 Å². The number of rotatable bonds is 2. The van der Waals surface area contributed by atoms with Gasteiger partial charge in [-0.25, -0.2) is 0 Å². The van der Waals surface area contributed by atoms with E-state index in [1.165, 1.54) is 0 Å². The number of benzene rings is 1. The van der Waals surface area contributed by atoms with Crippen LogP contribution in [0, 0.1) is 5.92 Å². The van der Waals surface area contributed by atoms with Crippen molar-refractivity contribution in [1.82, 2.24) is 0 Å². The smallest absolute Gasteiger partial charge is 0.172 e. The summed E-state index contributed by atoms with van der Waals surface area (Å²) in [7, 11) is 0. The molecule has 2 unspecified atom stereocenters. The van der Waals surface area contributed by atoms with E-state index in [2.05, 4.69) is 0 Å². The summed E-state index contributed by atoms with van der Waals surface area (Å²) in [5.74, 6) is 0.969. The Hall–Kier alpha value is -1.35. The molecule has 2 atom stereocenters. The van der Waals surface area contributed by atoms with Crippen LogP contribution in [0.2, 0.25) is 0 Å². The Morgan fingerprint density at radius 3 is 3.00 bits per heavy atom. The largest absolute Gasteiger partial charge is 0.492 e. The molecule has 0 saturated carbocycles. The van der Waals surface area contributed by atoms with Crippen molar-refractivity contribution >= 4 is 5.78 Å². The SMILES string of the molecule is CC1OCCC1C(=O)c1cccc2c1OCC2. The molecule has 2 aliphatic rings. The zero-order valence-electron chi connectivity index (χ0n) is 9.94. The fraction of sp³-hybridized carbons (Fsp3) is 0.500. The molecule has 0 aromatic heterocycles. The van der Waals surface area contributed by atoms with Crippen LogP contribution in [-0.4, -0.2) is 25.1 Å². The van der Waals surface area contributed by atoms with E-state index in [4.69, 9.17) is 9.47 Å². The second-order valence-electron chi connectivity index (χ2n) is 4.73. The lowest BCUT2D eigenvalue weighted by Gasteiger charge is -2.14. The predicted octanol–water partition coefficient (Wildman–Crippen LogP) is 2.23. The summed E-state index contributed by atoms with van der Waals surface area (Å²) in [6.45, 7) is 3.35. The Bertz CT molecular complexity index is 453. The van der Waals surface area contributed by atoms with Crippen LogP contribution >= 0.6 is 0 Å². The summed E-state index contributed by atoms with van der Waals surface area (Å²) in [5.41, 5.74) is 1.89. The topological polar surface area (TPSA) is 35.5 Å². The van der Waals surface area contributed by atoms with Gasteiger partial charge in [-0.2, -0.15) is 0 Å². The second-order valence-corrected chi connectivity index (χ2v) is 4.73. The van der Waals surface area contributed by atoms with Crippen molar-refractivity contribution in [3.05, 3.63) is 29.3 Å². The number of Topliss-reactive ketones (excluding diaryl/α,β-unsaturated/α-hetero) is 1. The highest BCUT2D eigenvalue weighted by Crippen LogP contribution is 2.33. The fourth-order valence-electron chi connectivity index (χ4n) is 2.69. The summed E-state index contributed by atoms with van der Waals surface area (Å²) in [4.78, 5) is 12.5. The lowest BCUT2D eigenvalue weighted by Crippen LogP contribution is -2.22. The molecule has 1 aromatic carbocycles. The maximum absolute atomic E-state index is 12.5. The van der Waals surface area contributed by atoms with E-state index in [1.807, 2.05) is 25.1 Å². The van der Waals surface area contributed by atoms with Gasteiger partial charge < -0.3 is 9.47 Å². The number of fused-ring (bicyclic) bond motifs is 1. The van der Waals surface area contributed by atoms with Crippen molar-refractivity contribution in [2.24, 2.45) is 5.92 Å². The first-order valence-corrected chi connectivity index (χ1v) is 6.18. The minimum atomic E-state index is -0.00861. The van der Waals surface area contributed by atoms with Crippen molar-refractivity contribution in [1.29, 1.82) is 0 Å². The number of ketones is 1. The van der Waals surface area contributed by atoms with Crippen LogP contribution in [0.1, 0.15) is 29.3 Å². The van der Waals surface area contributed by atoms with E-state index in [1.54, 1.807) is 0 Å². The van der Waals surface area contributed by atoms with Gasteiger partial charge in [0.15, 0.2) is 5.78 Å². The Morgan fingerprint density at radius 1 is 1.35 bits per heavy atom. The molecule has 1 fully saturated rings. The van der Waals surface area contributed by atoms with Crippen molar-refractivity contribution in [3.63, 3.8) is 0 Å². The van der Waals surface area contributed by atoms with Crippen LogP contribution in [0.4, 0.5) is 0 Å². The molecule has 0 N–H and O–H groups in total. The van der Waals surface area contributed by atoms with Gasteiger partial charge in [-0.05, 0) is 25.0 Å². The molecule has 0 aliphatic carbocycles. The third-order valence-electron chi connectivity index (χ3n) is 3.69. The maximum atomic E-state index is 12.5. The molecule has 3 nitrogen and oxygen atoms in total. The van der Waals surface area contributed by atoms with Gasteiger partial charge in [-0.1, -0.05) is 12.1 Å². The number of para-hydroxylation sites is 1. The summed E-state index contributed by atoms with van der Waals surface area (Å²) < 4.78 is 11.0. The Kier molecular flexibility index (Phi) is 2.63. The second kappa shape index (κ2) is 4.15. The van der Waals surface area contributed by atoms with E-state index in [9.17, 15) is 4.79 Å². The van der Waals surface area contributed by atoms with Crippen LogP contribution in [-0.2, 0) is 11.2 Å². The summed E-state index contributed by atoms with van der Waals surface area (Å²) >= 11 is 0. The van der Waals surface area contributed by atoms with Crippen molar-refractivity contribution in [2.45, 2.75) is 25.9 Å². The van der Waals surface area contributed by atoms with Gasteiger partial charge in [0, 0.05) is 13.0 Å². The molecule has 0 spiro atoms. The number of ether oxygens (including phenoxy) is 2. The molecule has 0 amide bonds. The number of hydrogen-bond donors (Lipinski definition) is 0. The van der Waals surface area contributed by atoms with E-state index < -0.39 is 0 Å². The lowest BCUT2D eigenvalue weighted by molar-refractivity contribution is 0.0762. The molecule has 90 valence electrons. The van der Waals surface area contributed by atoms with Crippen LogP contribution in [0.3, 0.4) is 0 Å². The Balaban J connectivity index is 1.94. The molecule has 1 aromatic rings. The highest BCUT2D eigenvalue weighted by atomic mass is 16.5.